The molecule has 0 aliphatic carbocycles. The molecule has 96 valence electrons. The van der Waals surface area contributed by atoms with Gasteiger partial charge in [-0.15, -0.1) is 0 Å². The molecule has 5 heteroatoms. The lowest BCUT2D eigenvalue weighted by Crippen LogP contribution is -1.95. The zero-order valence-corrected chi connectivity index (χ0v) is 11.6. The van der Waals surface area contributed by atoms with E-state index in [1.165, 1.54) is 0 Å². The zero-order valence-electron chi connectivity index (χ0n) is 10.1. The normalized spacial score (nSPS) is 9.79. The Morgan fingerprint density at radius 1 is 1.11 bits per heavy atom. The lowest BCUT2D eigenvalue weighted by Gasteiger charge is -2.11. The molecular weight excluding hydrogens is 283 g/mol. The zero-order chi connectivity index (χ0) is 13.8. The number of hydrogen-bond acceptors (Lipinski definition) is 3. The van der Waals surface area contributed by atoms with Crippen molar-refractivity contribution in [1.82, 2.24) is 0 Å². The molecule has 0 spiro atoms. The smallest absolute Gasteiger partial charge is 0.121 e. The van der Waals surface area contributed by atoms with Gasteiger partial charge in [-0.05, 0) is 30.3 Å². The van der Waals surface area contributed by atoms with Crippen molar-refractivity contribution in [2.45, 2.75) is 0 Å². The molecule has 1 N–H and O–H groups in total. The number of ether oxygens (including phenoxy) is 1. The first-order valence-electron chi connectivity index (χ1n) is 5.44. The van der Waals surface area contributed by atoms with E-state index in [0.717, 1.165) is 0 Å². The molecule has 0 amide bonds. The molecule has 2 aromatic rings. The lowest BCUT2D eigenvalue weighted by atomic mass is 10.2. The molecule has 0 aliphatic heterocycles. The minimum absolute atomic E-state index is 0.450. The average Bonchev–Trinajstić information content (AvgIpc) is 2.43. The molecule has 0 aliphatic rings. The van der Waals surface area contributed by atoms with Crippen molar-refractivity contribution in [1.29, 1.82) is 5.26 Å². The highest BCUT2D eigenvalue weighted by Crippen LogP contribution is 2.31. The molecule has 0 unspecified atom stereocenters. The molecule has 0 bridgehead atoms. The third-order valence-electron chi connectivity index (χ3n) is 2.54. The Balaban J connectivity index is 2.39. The van der Waals surface area contributed by atoms with Crippen LogP contribution >= 0.6 is 23.2 Å². The molecule has 2 rings (SSSR count). The van der Waals surface area contributed by atoms with Crippen LogP contribution in [0.25, 0.3) is 0 Å². The van der Waals surface area contributed by atoms with Gasteiger partial charge in [0.2, 0.25) is 0 Å². The number of nitrogens with one attached hydrogen (secondary N) is 1. The van der Waals surface area contributed by atoms with Crippen LogP contribution in [0, 0.1) is 11.3 Å². The van der Waals surface area contributed by atoms with E-state index in [0.29, 0.717) is 32.7 Å². The van der Waals surface area contributed by atoms with Crippen LogP contribution in [0.4, 0.5) is 11.4 Å². The van der Waals surface area contributed by atoms with Gasteiger partial charge in [0.25, 0.3) is 0 Å². The summed E-state index contributed by atoms with van der Waals surface area (Å²) in [6, 6.07) is 12.4. The molecule has 2 aromatic carbocycles. The van der Waals surface area contributed by atoms with E-state index in [9.17, 15) is 0 Å². The molecule has 0 radical (unpaired) electrons. The number of rotatable bonds is 3. The number of anilines is 2. The molecule has 0 saturated heterocycles. The van der Waals surface area contributed by atoms with Gasteiger partial charge < -0.3 is 10.1 Å². The Labute approximate surface area is 121 Å². The molecule has 0 aromatic heterocycles. The van der Waals surface area contributed by atoms with Crippen LogP contribution in [-0.4, -0.2) is 7.11 Å². The van der Waals surface area contributed by atoms with Crippen LogP contribution in [0.15, 0.2) is 36.4 Å². The largest absolute Gasteiger partial charge is 0.497 e. The van der Waals surface area contributed by atoms with E-state index in [1.54, 1.807) is 43.5 Å². The molecule has 0 fully saturated rings. The summed E-state index contributed by atoms with van der Waals surface area (Å²) in [4.78, 5) is 0. The van der Waals surface area contributed by atoms with Gasteiger partial charge in [0.05, 0.1) is 29.1 Å². The Morgan fingerprint density at radius 3 is 2.58 bits per heavy atom. The minimum atomic E-state index is 0.450. The summed E-state index contributed by atoms with van der Waals surface area (Å²) in [7, 11) is 1.58. The Morgan fingerprint density at radius 2 is 1.89 bits per heavy atom. The first kappa shape index (κ1) is 13.5. The van der Waals surface area contributed by atoms with Crippen molar-refractivity contribution in [3.63, 3.8) is 0 Å². The van der Waals surface area contributed by atoms with Gasteiger partial charge in [0.15, 0.2) is 0 Å². The molecule has 0 heterocycles. The van der Waals surface area contributed by atoms with Gasteiger partial charge in [-0.25, -0.2) is 0 Å². The third kappa shape index (κ3) is 3.11. The van der Waals surface area contributed by atoms with Crippen LogP contribution in [0.5, 0.6) is 5.75 Å². The quantitative estimate of drug-likeness (QED) is 0.898. The van der Waals surface area contributed by atoms with Crippen molar-refractivity contribution in [2.75, 3.05) is 12.4 Å². The number of halogens is 2. The first-order chi connectivity index (χ1) is 9.13. The van der Waals surface area contributed by atoms with E-state index in [1.807, 2.05) is 0 Å². The van der Waals surface area contributed by atoms with Crippen LogP contribution in [0.2, 0.25) is 10.0 Å². The topological polar surface area (TPSA) is 45.0 Å². The summed E-state index contributed by atoms with van der Waals surface area (Å²) in [6.07, 6.45) is 0. The second-order valence-corrected chi connectivity index (χ2v) is 4.62. The Kier molecular flexibility index (Phi) is 4.16. The monoisotopic (exact) mass is 292 g/mol. The Bertz CT molecular complexity index is 650. The average molecular weight is 293 g/mol. The number of methoxy groups -OCH3 is 1. The lowest BCUT2D eigenvalue weighted by molar-refractivity contribution is 0.415. The van der Waals surface area contributed by atoms with Gasteiger partial charge >= 0.3 is 0 Å². The van der Waals surface area contributed by atoms with Crippen LogP contribution in [-0.2, 0) is 0 Å². The maximum absolute atomic E-state index is 9.08. The van der Waals surface area contributed by atoms with E-state index >= 15 is 0 Å². The van der Waals surface area contributed by atoms with Gasteiger partial charge in [0, 0.05) is 11.1 Å². The fraction of sp³-hybridized carbons (Fsp3) is 0.0714. The number of benzene rings is 2. The summed E-state index contributed by atoms with van der Waals surface area (Å²) in [5, 5.41) is 13.2. The SMILES string of the molecule is COc1ccc(Cl)c(Nc2ccc(Cl)cc2C#N)c1. The van der Waals surface area contributed by atoms with E-state index in [2.05, 4.69) is 11.4 Å². The maximum Gasteiger partial charge on any atom is 0.121 e. The van der Waals surface area contributed by atoms with Crippen LogP contribution < -0.4 is 10.1 Å². The van der Waals surface area contributed by atoms with Crippen molar-refractivity contribution in [2.24, 2.45) is 0 Å². The van der Waals surface area contributed by atoms with E-state index in [4.69, 9.17) is 33.2 Å². The highest BCUT2D eigenvalue weighted by Gasteiger charge is 2.07. The highest BCUT2D eigenvalue weighted by molar-refractivity contribution is 6.33. The van der Waals surface area contributed by atoms with Crippen molar-refractivity contribution in [3.8, 4) is 11.8 Å². The van der Waals surface area contributed by atoms with Crippen LogP contribution in [0.3, 0.4) is 0 Å². The minimum Gasteiger partial charge on any atom is -0.497 e. The summed E-state index contributed by atoms with van der Waals surface area (Å²) in [5.74, 6) is 0.680. The standard InChI is InChI=1S/C14H10Cl2N2O/c1-19-11-3-4-12(16)14(7-11)18-13-5-2-10(15)6-9(13)8-17/h2-7,18H,1H3. The summed E-state index contributed by atoms with van der Waals surface area (Å²) in [5.41, 5.74) is 1.76. The van der Waals surface area contributed by atoms with Crippen molar-refractivity contribution >= 4 is 34.6 Å². The highest BCUT2D eigenvalue weighted by atomic mass is 35.5. The molecular formula is C14H10Cl2N2O. The first-order valence-corrected chi connectivity index (χ1v) is 6.20. The number of hydrogen-bond donors (Lipinski definition) is 1. The Hall–Kier alpha value is -1.89. The van der Waals surface area contributed by atoms with E-state index in [-0.39, 0.29) is 0 Å². The predicted octanol–water partition coefficient (Wildman–Crippen LogP) is 4.62. The third-order valence-corrected chi connectivity index (χ3v) is 3.11. The summed E-state index contributed by atoms with van der Waals surface area (Å²) < 4.78 is 5.14. The maximum atomic E-state index is 9.08. The van der Waals surface area contributed by atoms with Gasteiger partial charge in [-0.3, -0.25) is 0 Å². The van der Waals surface area contributed by atoms with Crippen molar-refractivity contribution < 1.29 is 4.74 Å². The predicted molar refractivity (Wildman–Crippen MR) is 77.5 cm³/mol. The van der Waals surface area contributed by atoms with Gasteiger partial charge in [0.1, 0.15) is 11.8 Å². The molecule has 19 heavy (non-hydrogen) atoms. The summed E-state index contributed by atoms with van der Waals surface area (Å²) in [6.45, 7) is 0. The molecule has 0 atom stereocenters. The number of nitriles is 1. The van der Waals surface area contributed by atoms with Crippen molar-refractivity contribution in [3.05, 3.63) is 52.0 Å². The fourth-order valence-electron chi connectivity index (χ4n) is 1.59. The molecule has 3 nitrogen and oxygen atoms in total. The van der Waals surface area contributed by atoms with Gasteiger partial charge in [-0.1, -0.05) is 23.2 Å². The number of nitrogens with zero attached hydrogens (tertiary/aromatic N) is 1. The fourth-order valence-corrected chi connectivity index (χ4v) is 1.93. The molecule has 0 saturated carbocycles. The second-order valence-electron chi connectivity index (χ2n) is 3.77. The van der Waals surface area contributed by atoms with Crippen LogP contribution in [0.1, 0.15) is 5.56 Å². The van der Waals surface area contributed by atoms with Gasteiger partial charge in [-0.2, -0.15) is 5.26 Å². The second kappa shape index (κ2) is 5.83. The summed E-state index contributed by atoms with van der Waals surface area (Å²) >= 11 is 12.0. The van der Waals surface area contributed by atoms with E-state index < -0.39 is 0 Å².